The van der Waals surface area contributed by atoms with Crippen LogP contribution in [-0.4, -0.2) is 20.2 Å². The second kappa shape index (κ2) is 5.11. The van der Waals surface area contributed by atoms with Crippen LogP contribution in [0.5, 0.6) is 0 Å². The van der Waals surface area contributed by atoms with Gasteiger partial charge in [-0.05, 0) is 25.1 Å². The predicted octanol–water partition coefficient (Wildman–Crippen LogP) is 2.17. The molecule has 0 aromatic heterocycles. The van der Waals surface area contributed by atoms with E-state index in [-0.39, 0.29) is 0 Å². The van der Waals surface area contributed by atoms with E-state index >= 15 is 0 Å². The Balaban J connectivity index is 3.30. The molecule has 0 aliphatic heterocycles. The van der Waals surface area contributed by atoms with E-state index in [9.17, 15) is 21.6 Å². The zero-order valence-corrected chi connectivity index (χ0v) is 10.3. The second-order valence-corrected chi connectivity index (χ2v) is 5.61. The van der Waals surface area contributed by atoms with E-state index in [1.54, 1.807) is 6.92 Å². The summed E-state index contributed by atoms with van der Waals surface area (Å²) >= 11 is 0. The van der Waals surface area contributed by atoms with Crippen molar-refractivity contribution < 1.29 is 21.6 Å². The van der Waals surface area contributed by atoms with Crippen molar-refractivity contribution in [3.05, 3.63) is 41.7 Å². The fraction of sp³-hybridized carbons (Fsp3) is 0.273. The average Bonchev–Trinajstić information content (AvgIpc) is 2.29. The SMILES string of the molecule is Cc1ccc(S(=O)(=O)C(F)(F)/C(F)=C/CN)cc1. The number of hydrogen-bond donors (Lipinski definition) is 1. The fourth-order valence-corrected chi connectivity index (χ4v) is 2.35. The molecule has 0 heterocycles. The van der Waals surface area contributed by atoms with Gasteiger partial charge in [-0.25, -0.2) is 12.8 Å². The lowest BCUT2D eigenvalue weighted by Crippen LogP contribution is -2.30. The summed E-state index contributed by atoms with van der Waals surface area (Å²) < 4.78 is 63.3. The topological polar surface area (TPSA) is 60.2 Å². The molecule has 7 heteroatoms. The molecular formula is C11H12F3NO2S. The molecular weight excluding hydrogens is 267 g/mol. The van der Waals surface area contributed by atoms with Crippen LogP contribution in [0, 0.1) is 6.92 Å². The van der Waals surface area contributed by atoms with E-state index in [1.807, 2.05) is 0 Å². The average molecular weight is 279 g/mol. The largest absolute Gasteiger partial charge is 0.400 e. The van der Waals surface area contributed by atoms with Crippen LogP contribution in [-0.2, 0) is 9.84 Å². The summed E-state index contributed by atoms with van der Waals surface area (Å²) in [5.74, 6) is -2.06. The first kappa shape index (κ1) is 14.7. The molecule has 0 aliphatic rings. The number of alkyl halides is 2. The number of nitrogens with two attached hydrogens (primary N) is 1. The van der Waals surface area contributed by atoms with E-state index in [1.165, 1.54) is 12.1 Å². The zero-order valence-electron chi connectivity index (χ0n) is 9.53. The molecule has 0 bridgehead atoms. The van der Waals surface area contributed by atoms with Crippen molar-refractivity contribution in [3.8, 4) is 0 Å². The summed E-state index contributed by atoms with van der Waals surface area (Å²) in [5, 5.41) is -4.61. The molecule has 1 aromatic carbocycles. The Kier molecular flexibility index (Phi) is 4.18. The number of hydrogen-bond acceptors (Lipinski definition) is 3. The third kappa shape index (κ3) is 2.56. The molecule has 1 aromatic rings. The highest BCUT2D eigenvalue weighted by Crippen LogP contribution is 2.36. The first-order valence-electron chi connectivity index (χ1n) is 4.99. The summed E-state index contributed by atoms with van der Waals surface area (Å²) in [7, 11) is -5.11. The van der Waals surface area contributed by atoms with Gasteiger partial charge in [0.25, 0.3) is 9.84 Å². The summed E-state index contributed by atoms with van der Waals surface area (Å²) in [4.78, 5) is -0.640. The Morgan fingerprint density at radius 1 is 1.33 bits per heavy atom. The highest BCUT2D eigenvalue weighted by atomic mass is 32.2. The third-order valence-electron chi connectivity index (χ3n) is 2.24. The van der Waals surface area contributed by atoms with Gasteiger partial charge in [-0.2, -0.15) is 8.78 Å². The Labute approximate surface area is 103 Å². The Bertz CT molecular complexity index is 550. The van der Waals surface area contributed by atoms with Crippen LogP contribution >= 0.6 is 0 Å². The first-order valence-corrected chi connectivity index (χ1v) is 6.47. The van der Waals surface area contributed by atoms with Crippen LogP contribution in [0.2, 0.25) is 0 Å². The summed E-state index contributed by atoms with van der Waals surface area (Å²) in [5.41, 5.74) is 5.59. The van der Waals surface area contributed by atoms with E-state index in [2.05, 4.69) is 0 Å². The van der Waals surface area contributed by atoms with E-state index in [4.69, 9.17) is 5.73 Å². The number of rotatable bonds is 4. The van der Waals surface area contributed by atoms with Gasteiger partial charge < -0.3 is 5.73 Å². The maximum absolute atomic E-state index is 13.5. The summed E-state index contributed by atoms with van der Waals surface area (Å²) in [6.07, 6.45) is 0.339. The van der Waals surface area contributed by atoms with Crippen LogP contribution < -0.4 is 5.73 Å². The van der Waals surface area contributed by atoms with E-state index < -0.39 is 32.4 Å². The maximum Gasteiger partial charge on any atom is 0.400 e. The van der Waals surface area contributed by atoms with Crippen molar-refractivity contribution >= 4 is 9.84 Å². The quantitative estimate of drug-likeness (QED) is 0.919. The van der Waals surface area contributed by atoms with Crippen molar-refractivity contribution in [3.63, 3.8) is 0 Å². The first-order chi connectivity index (χ1) is 8.23. The Morgan fingerprint density at radius 3 is 2.28 bits per heavy atom. The van der Waals surface area contributed by atoms with Crippen LogP contribution in [0.15, 0.2) is 41.1 Å². The maximum atomic E-state index is 13.5. The minimum Gasteiger partial charge on any atom is -0.327 e. The van der Waals surface area contributed by atoms with Gasteiger partial charge in [0.1, 0.15) is 0 Å². The molecule has 3 nitrogen and oxygen atoms in total. The summed E-state index contributed by atoms with van der Waals surface area (Å²) in [6.45, 7) is 1.16. The van der Waals surface area contributed by atoms with Crippen LogP contribution in [0.3, 0.4) is 0 Å². The summed E-state index contributed by atoms with van der Waals surface area (Å²) in [6, 6.07) is 4.73. The van der Waals surface area contributed by atoms with Gasteiger partial charge in [-0.15, -0.1) is 0 Å². The highest BCUT2D eigenvalue weighted by Gasteiger charge is 2.50. The molecule has 0 spiro atoms. The van der Waals surface area contributed by atoms with Crippen molar-refractivity contribution in [2.24, 2.45) is 5.73 Å². The van der Waals surface area contributed by atoms with Crippen molar-refractivity contribution in [1.29, 1.82) is 0 Å². The van der Waals surface area contributed by atoms with Gasteiger partial charge in [0.15, 0.2) is 5.83 Å². The lowest BCUT2D eigenvalue weighted by Gasteiger charge is -2.15. The van der Waals surface area contributed by atoms with E-state index in [0.717, 1.165) is 12.1 Å². The molecule has 0 aliphatic carbocycles. The van der Waals surface area contributed by atoms with Gasteiger partial charge in [-0.1, -0.05) is 17.7 Å². The number of aryl methyl sites for hydroxylation is 1. The van der Waals surface area contributed by atoms with Crippen LogP contribution in [0.4, 0.5) is 13.2 Å². The molecule has 0 saturated carbocycles. The molecule has 0 atom stereocenters. The van der Waals surface area contributed by atoms with Crippen LogP contribution in [0.25, 0.3) is 0 Å². The molecule has 0 fully saturated rings. The van der Waals surface area contributed by atoms with Crippen molar-refractivity contribution in [2.45, 2.75) is 17.1 Å². The Morgan fingerprint density at radius 2 is 1.83 bits per heavy atom. The van der Waals surface area contributed by atoms with Crippen molar-refractivity contribution in [2.75, 3.05) is 6.54 Å². The van der Waals surface area contributed by atoms with Gasteiger partial charge in [-0.3, -0.25) is 0 Å². The second-order valence-electron chi connectivity index (χ2n) is 3.62. The van der Waals surface area contributed by atoms with Gasteiger partial charge in [0.2, 0.25) is 0 Å². The van der Waals surface area contributed by atoms with Gasteiger partial charge >= 0.3 is 5.25 Å². The molecule has 0 saturated heterocycles. The molecule has 2 N–H and O–H groups in total. The van der Waals surface area contributed by atoms with Gasteiger partial charge in [0.05, 0.1) is 4.90 Å². The molecule has 0 unspecified atom stereocenters. The standard InChI is InChI=1S/C11H12F3NO2S/c1-8-2-4-9(5-3-8)18(16,17)11(13,14)10(12)6-7-15/h2-6H,7,15H2,1H3/b10-6-. The number of benzene rings is 1. The molecule has 1 rings (SSSR count). The minimum atomic E-state index is -5.11. The predicted molar refractivity (Wildman–Crippen MR) is 61.6 cm³/mol. The van der Waals surface area contributed by atoms with E-state index in [0.29, 0.717) is 11.6 Å². The lowest BCUT2D eigenvalue weighted by atomic mass is 10.2. The smallest absolute Gasteiger partial charge is 0.327 e. The highest BCUT2D eigenvalue weighted by molar-refractivity contribution is 7.92. The van der Waals surface area contributed by atoms with Crippen LogP contribution in [0.1, 0.15) is 5.56 Å². The number of halogens is 3. The van der Waals surface area contributed by atoms with Crippen molar-refractivity contribution in [1.82, 2.24) is 0 Å². The van der Waals surface area contributed by atoms with Gasteiger partial charge in [0, 0.05) is 6.54 Å². The molecule has 0 amide bonds. The molecule has 0 radical (unpaired) electrons. The lowest BCUT2D eigenvalue weighted by molar-refractivity contribution is 0.105. The Hall–Kier alpha value is -1.34. The molecule has 100 valence electrons. The fourth-order valence-electron chi connectivity index (χ4n) is 1.22. The zero-order chi connectivity index (χ0) is 14.0. The third-order valence-corrected chi connectivity index (χ3v) is 4.01. The normalized spacial score (nSPS) is 13.7. The number of sulfone groups is 1. The molecule has 18 heavy (non-hydrogen) atoms. The minimum absolute atomic E-state index is 0.339. The monoisotopic (exact) mass is 279 g/mol.